The first-order valence-corrected chi connectivity index (χ1v) is 12.2. The first kappa shape index (κ1) is 25.4. The molecule has 2 rings (SSSR count). The molecule has 32 heavy (non-hydrogen) atoms. The third kappa shape index (κ3) is 7.10. The zero-order chi connectivity index (χ0) is 23.9. The van der Waals surface area contributed by atoms with Crippen molar-refractivity contribution >= 4 is 43.8 Å². The minimum atomic E-state index is -3.67. The van der Waals surface area contributed by atoms with Gasteiger partial charge in [-0.15, -0.1) is 0 Å². The van der Waals surface area contributed by atoms with E-state index in [0.29, 0.717) is 33.8 Å². The largest absolute Gasteiger partial charge is 0.493 e. The molecule has 0 aliphatic rings. The smallest absolute Gasteiger partial charge is 0.260 e. The van der Waals surface area contributed by atoms with Gasteiger partial charge in [0.25, 0.3) is 5.91 Å². The summed E-state index contributed by atoms with van der Waals surface area (Å²) in [5.74, 6) is 0.417. The molecule has 0 radical (unpaired) electrons. The molecule has 2 aromatic rings. The number of rotatable bonds is 10. The number of benzene rings is 2. The van der Waals surface area contributed by atoms with Gasteiger partial charge in [-0.1, -0.05) is 18.7 Å². The van der Waals surface area contributed by atoms with E-state index in [-0.39, 0.29) is 0 Å². The lowest BCUT2D eigenvalue weighted by molar-refractivity contribution is -0.119. The molecule has 0 aliphatic carbocycles. The topological polar surface area (TPSA) is 97.3 Å². The van der Waals surface area contributed by atoms with Gasteiger partial charge in [-0.05, 0) is 70.7 Å². The average molecular weight is 524 g/mol. The monoisotopic (exact) mass is 523 g/mol. The van der Waals surface area contributed by atoms with E-state index >= 15 is 0 Å². The number of carbonyl (C=O) groups is 1. The van der Waals surface area contributed by atoms with Gasteiger partial charge in [0.05, 0.1) is 29.7 Å². The third-order valence-corrected chi connectivity index (χ3v) is 5.91. The van der Waals surface area contributed by atoms with E-state index in [9.17, 15) is 13.2 Å². The lowest BCUT2D eigenvalue weighted by Crippen LogP contribution is -2.39. The zero-order valence-electron chi connectivity index (χ0n) is 18.4. The van der Waals surface area contributed by atoms with Crippen LogP contribution in [0, 0.1) is 13.8 Å². The third-order valence-electron chi connectivity index (χ3n) is 4.18. The predicted molar refractivity (Wildman–Crippen MR) is 130 cm³/mol. The Morgan fingerprint density at radius 3 is 2.44 bits per heavy atom. The number of nitrogens with zero attached hydrogens (tertiary/aromatic N) is 2. The Hall–Kier alpha value is -2.85. The van der Waals surface area contributed by atoms with Crippen molar-refractivity contribution in [2.45, 2.75) is 13.8 Å². The van der Waals surface area contributed by atoms with Gasteiger partial charge in [0.15, 0.2) is 11.5 Å². The fourth-order valence-electron chi connectivity index (χ4n) is 2.94. The number of hydrogen-bond donors (Lipinski definition) is 1. The van der Waals surface area contributed by atoms with Crippen molar-refractivity contribution in [3.05, 3.63) is 64.1 Å². The lowest BCUT2D eigenvalue weighted by Gasteiger charge is -2.22. The van der Waals surface area contributed by atoms with E-state index in [1.165, 1.54) is 13.3 Å². The highest BCUT2D eigenvalue weighted by Gasteiger charge is 2.21. The number of ether oxygens (including phenoxy) is 2. The van der Waals surface area contributed by atoms with Crippen molar-refractivity contribution in [2.75, 3.05) is 30.8 Å². The van der Waals surface area contributed by atoms with Gasteiger partial charge >= 0.3 is 0 Å². The lowest BCUT2D eigenvalue weighted by atomic mass is 10.1. The fraction of sp³-hybridized carbons (Fsp3) is 0.273. The normalized spacial score (nSPS) is 11.3. The molecular weight excluding hydrogens is 498 g/mol. The number of hydrogen-bond acceptors (Lipinski definition) is 6. The second-order valence-electron chi connectivity index (χ2n) is 7.04. The summed E-state index contributed by atoms with van der Waals surface area (Å²) in [5.41, 5.74) is 5.21. The molecule has 1 N–H and O–H groups in total. The van der Waals surface area contributed by atoms with Crippen molar-refractivity contribution in [1.29, 1.82) is 0 Å². The maximum absolute atomic E-state index is 12.4. The molecule has 0 aliphatic heterocycles. The number of methoxy groups -OCH3 is 1. The number of carbonyl (C=O) groups excluding carboxylic acids is 1. The summed E-state index contributed by atoms with van der Waals surface area (Å²) in [6.45, 7) is 7.25. The molecule has 0 fully saturated rings. The predicted octanol–water partition coefficient (Wildman–Crippen LogP) is 3.56. The molecule has 2 aromatic carbocycles. The number of halogens is 1. The van der Waals surface area contributed by atoms with E-state index in [1.807, 2.05) is 19.9 Å². The zero-order valence-corrected chi connectivity index (χ0v) is 20.8. The Balaban J connectivity index is 2.15. The van der Waals surface area contributed by atoms with Crippen molar-refractivity contribution in [1.82, 2.24) is 5.43 Å². The molecule has 8 nitrogen and oxygen atoms in total. The van der Waals surface area contributed by atoms with Crippen LogP contribution in [0.2, 0.25) is 0 Å². The molecule has 1 amide bonds. The van der Waals surface area contributed by atoms with Gasteiger partial charge in [-0.2, -0.15) is 5.10 Å². The summed E-state index contributed by atoms with van der Waals surface area (Å²) in [6.07, 6.45) is 4.10. The van der Waals surface area contributed by atoms with E-state index in [4.69, 9.17) is 9.47 Å². The fourth-order valence-corrected chi connectivity index (χ4v) is 4.35. The maximum Gasteiger partial charge on any atom is 0.260 e. The van der Waals surface area contributed by atoms with Gasteiger partial charge in [-0.3, -0.25) is 9.10 Å². The summed E-state index contributed by atoms with van der Waals surface area (Å²) in [7, 11) is -2.16. The van der Waals surface area contributed by atoms with Crippen molar-refractivity contribution in [3.8, 4) is 11.5 Å². The van der Waals surface area contributed by atoms with Crippen LogP contribution in [0.25, 0.3) is 0 Å². The van der Waals surface area contributed by atoms with Crippen LogP contribution < -0.4 is 19.2 Å². The molecule has 172 valence electrons. The van der Waals surface area contributed by atoms with Gasteiger partial charge in [0.2, 0.25) is 10.0 Å². The van der Waals surface area contributed by atoms with Crippen LogP contribution in [0.5, 0.6) is 11.5 Å². The maximum atomic E-state index is 12.4. The molecule has 0 saturated heterocycles. The Bertz CT molecular complexity index is 1110. The number of amides is 1. The molecule has 0 bridgehead atoms. The van der Waals surface area contributed by atoms with Crippen LogP contribution in [0.1, 0.15) is 16.7 Å². The first-order chi connectivity index (χ1) is 15.0. The summed E-state index contributed by atoms with van der Waals surface area (Å²) in [6, 6.07) is 8.79. The first-order valence-electron chi connectivity index (χ1n) is 9.54. The molecule has 0 saturated carbocycles. The van der Waals surface area contributed by atoms with E-state index < -0.39 is 22.5 Å². The molecule has 10 heteroatoms. The summed E-state index contributed by atoms with van der Waals surface area (Å²) in [5, 5.41) is 3.93. The second kappa shape index (κ2) is 11.1. The van der Waals surface area contributed by atoms with E-state index in [2.05, 4.69) is 33.0 Å². The van der Waals surface area contributed by atoms with Crippen molar-refractivity contribution in [2.24, 2.45) is 5.10 Å². The summed E-state index contributed by atoms with van der Waals surface area (Å²) < 4.78 is 37.1. The van der Waals surface area contributed by atoms with Gasteiger partial charge in [0, 0.05) is 0 Å². The van der Waals surface area contributed by atoms with Crippen molar-refractivity contribution in [3.63, 3.8) is 0 Å². The Morgan fingerprint density at radius 1 is 1.22 bits per heavy atom. The quantitative estimate of drug-likeness (QED) is 0.291. The summed E-state index contributed by atoms with van der Waals surface area (Å²) in [4.78, 5) is 12.4. The van der Waals surface area contributed by atoms with Crippen molar-refractivity contribution < 1.29 is 22.7 Å². The number of nitrogens with one attached hydrogen (secondary N) is 1. The van der Waals surface area contributed by atoms with E-state index in [0.717, 1.165) is 21.7 Å². The van der Waals surface area contributed by atoms with Crippen LogP contribution in [0.3, 0.4) is 0 Å². The Morgan fingerprint density at radius 2 is 1.88 bits per heavy atom. The van der Waals surface area contributed by atoms with E-state index in [1.54, 1.807) is 30.3 Å². The van der Waals surface area contributed by atoms with Crippen LogP contribution in [0.15, 0.2) is 52.6 Å². The molecule has 0 heterocycles. The minimum Gasteiger partial charge on any atom is -0.493 e. The second-order valence-corrected chi connectivity index (χ2v) is 9.80. The molecule has 0 aromatic heterocycles. The summed E-state index contributed by atoms with van der Waals surface area (Å²) >= 11 is 3.42. The SMILES string of the molecule is C=CCOc1c(Br)cc(/C=N\NC(=O)CN(c2cc(C)cc(C)c2)S(C)(=O)=O)cc1OC. The molecule has 0 spiro atoms. The Kier molecular flexibility index (Phi) is 8.85. The highest BCUT2D eigenvalue weighted by molar-refractivity contribution is 9.10. The van der Waals surface area contributed by atoms with Crippen LogP contribution in [0.4, 0.5) is 5.69 Å². The van der Waals surface area contributed by atoms with Crippen LogP contribution in [-0.4, -0.2) is 47.1 Å². The number of anilines is 1. The number of hydrazone groups is 1. The van der Waals surface area contributed by atoms with Gasteiger partial charge in [-0.25, -0.2) is 13.8 Å². The minimum absolute atomic E-state index is 0.315. The molecule has 0 unspecified atom stereocenters. The van der Waals surface area contributed by atoms with Crippen LogP contribution in [-0.2, 0) is 14.8 Å². The number of aryl methyl sites for hydroxylation is 2. The average Bonchev–Trinajstić information content (AvgIpc) is 2.69. The van der Waals surface area contributed by atoms with Crippen LogP contribution >= 0.6 is 15.9 Å². The highest BCUT2D eigenvalue weighted by Crippen LogP contribution is 2.36. The van der Waals surface area contributed by atoms with Gasteiger partial charge < -0.3 is 9.47 Å². The standard InChI is InChI=1S/C22H26BrN3O5S/c1-6-7-31-22-19(23)11-17(12-20(22)30-4)13-24-25-21(27)14-26(32(5,28)29)18-9-15(2)8-16(3)10-18/h6,8-13H,1,7,14H2,2-5H3,(H,25,27)/b24-13-. The Labute approximate surface area is 197 Å². The van der Waals surface area contributed by atoms with Gasteiger partial charge in [0.1, 0.15) is 13.2 Å². The molecule has 0 atom stereocenters. The number of sulfonamides is 1. The molecular formula is C22H26BrN3O5S. The highest BCUT2D eigenvalue weighted by atomic mass is 79.9.